The lowest BCUT2D eigenvalue weighted by atomic mass is 10.0. The molecule has 0 saturated carbocycles. The molecule has 0 radical (unpaired) electrons. The monoisotopic (exact) mass is 377 g/mol. The molecule has 0 aliphatic heterocycles. The highest BCUT2D eigenvalue weighted by molar-refractivity contribution is 7.08. The largest absolute Gasteiger partial charge is 0.273 e. The summed E-state index contributed by atoms with van der Waals surface area (Å²) >= 11 is 2.71. The quantitative estimate of drug-likeness (QED) is 0.704. The number of rotatable bonds is 3. The van der Waals surface area contributed by atoms with Crippen molar-refractivity contribution in [2.45, 2.75) is 19.8 Å². The van der Waals surface area contributed by atoms with Gasteiger partial charge in [0, 0.05) is 0 Å². The lowest BCUT2D eigenvalue weighted by Gasteiger charge is -2.07. The van der Waals surface area contributed by atoms with E-state index in [9.17, 15) is 15.3 Å². The number of thiazole rings is 1. The van der Waals surface area contributed by atoms with Crippen LogP contribution in [0.5, 0.6) is 0 Å². The molecule has 4 nitrogen and oxygen atoms in total. The standard InChI is InChI=1S/C20H15N3OS2/c1-13(2)15-3-5-17(6-4-15)23-19(24)18(9-14-7-8-25-12-14)26-20(23)16(10-21)11-22/h3-9,12-13H,1-2H3/b18-9+. The lowest BCUT2D eigenvalue weighted by molar-refractivity contribution is 0.864. The first-order valence-corrected chi connectivity index (χ1v) is 9.71. The zero-order chi connectivity index (χ0) is 18.7. The van der Waals surface area contributed by atoms with Gasteiger partial charge in [-0.3, -0.25) is 9.36 Å². The lowest BCUT2D eigenvalue weighted by Crippen LogP contribution is -2.30. The van der Waals surface area contributed by atoms with Crippen LogP contribution in [0.1, 0.15) is 30.9 Å². The number of aromatic nitrogens is 1. The highest BCUT2D eigenvalue weighted by Gasteiger charge is 2.11. The van der Waals surface area contributed by atoms with E-state index in [4.69, 9.17) is 0 Å². The third-order valence-corrected chi connectivity index (χ3v) is 5.71. The van der Waals surface area contributed by atoms with E-state index >= 15 is 0 Å². The molecule has 0 atom stereocenters. The Morgan fingerprint density at radius 3 is 2.38 bits per heavy atom. The minimum absolute atomic E-state index is 0.0648. The molecule has 128 valence electrons. The van der Waals surface area contributed by atoms with Crippen molar-refractivity contribution < 1.29 is 0 Å². The van der Waals surface area contributed by atoms with E-state index in [0.29, 0.717) is 20.8 Å². The number of nitriles is 2. The third kappa shape index (κ3) is 3.39. The van der Waals surface area contributed by atoms with Crippen LogP contribution in [-0.4, -0.2) is 4.57 Å². The minimum atomic E-state index is -0.225. The first kappa shape index (κ1) is 17.9. The molecule has 0 N–H and O–H groups in total. The Hall–Kier alpha value is -2.93. The maximum Gasteiger partial charge on any atom is 0.273 e. The summed E-state index contributed by atoms with van der Waals surface area (Å²) in [6, 6.07) is 13.4. The molecular weight excluding hydrogens is 362 g/mol. The van der Waals surface area contributed by atoms with Gasteiger partial charge in [0.25, 0.3) is 5.56 Å². The molecule has 6 heteroatoms. The summed E-state index contributed by atoms with van der Waals surface area (Å²) in [4.78, 5) is 13.0. The fourth-order valence-electron chi connectivity index (χ4n) is 2.52. The summed E-state index contributed by atoms with van der Waals surface area (Å²) in [5.74, 6) is 0.380. The zero-order valence-electron chi connectivity index (χ0n) is 14.3. The Morgan fingerprint density at radius 1 is 1.15 bits per heavy atom. The first-order valence-electron chi connectivity index (χ1n) is 7.95. The smallest absolute Gasteiger partial charge is 0.267 e. The molecule has 3 rings (SSSR count). The summed E-state index contributed by atoms with van der Waals surface area (Å²) < 4.78 is 2.31. The Kier molecular flexibility index (Phi) is 5.18. The summed E-state index contributed by atoms with van der Waals surface area (Å²) in [5.41, 5.74) is 2.45. The molecule has 0 aliphatic carbocycles. The van der Waals surface area contributed by atoms with Gasteiger partial charge in [0.1, 0.15) is 16.8 Å². The van der Waals surface area contributed by atoms with Crippen molar-refractivity contribution in [1.82, 2.24) is 4.57 Å². The van der Waals surface area contributed by atoms with Crippen LogP contribution >= 0.6 is 22.7 Å². The van der Waals surface area contributed by atoms with Gasteiger partial charge in [0.2, 0.25) is 0 Å². The van der Waals surface area contributed by atoms with Gasteiger partial charge in [-0.25, -0.2) is 0 Å². The molecule has 0 aliphatic rings. The fraction of sp³-hybridized carbons (Fsp3) is 0.150. The molecule has 3 aromatic rings. The van der Waals surface area contributed by atoms with Gasteiger partial charge in [0.05, 0.1) is 10.2 Å². The number of benzene rings is 1. The summed E-state index contributed by atoms with van der Waals surface area (Å²) in [6.07, 6.45) is 1.79. The van der Waals surface area contributed by atoms with Crippen molar-refractivity contribution in [3.8, 4) is 17.8 Å². The van der Waals surface area contributed by atoms with Gasteiger partial charge in [-0.05, 0) is 52.1 Å². The van der Waals surface area contributed by atoms with E-state index in [1.807, 2.05) is 53.2 Å². The third-order valence-electron chi connectivity index (χ3n) is 3.92. The topological polar surface area (TPSA) is 69.6 Å². The van der Waals surface area contributed by atoms with Crippen LogP contribution < -0.4 is 14.8 Å². The second-order valence-corrected chi connectivity index (χ2v) is 7.77. The Morgan fingerprint density at radius 2 is 1.85 bits per heavy atom. The van der Waals surface area contributed by atoms with E-state index in [-0.39, 0.29) is 11.1 Å². The minimum Gasteiger partial charge on any atom is -0.267 e. The van der Waals surface area contributed by atoms with E-state index < -0.39 is 0 Å². The molecule has 0 fully saturated rings. The Bertz CT molecular complexity index is 1170. The van der Waals surface area contributed by atoms with E-state index in [0.717, 1.165) is 22.5 Å². The summed E-state index contributed by atoms with van der Waals surface area (Å²) in [6.45, 7) is 4.20. The van der Waals surface area contributed by atoms with Crippen LogP contribution in [0.15, 0.2) is 45.9 Å². The number of nitrogens with zero attached hydrogens (tertiary/aromatic N) is 3. The average Bonchev–Trinajstić information content (AvgIpc) is 3.25. The second kappa shape index (κ2) is 7.53. The van der Waals surface area contributed by atoms with Crippen LogP contribution in [0.3, 0.4) is 0 Å². The first-order chi connectivity index (χ1) is 12.5. The van der Waals surface area contributed by atoms with Gasteiger partial charge in [-0.15, -0.1) is 11.3 Å². The van der Waals surface area contributed by atoms with Crippen LogP contribution in [-0.2, 0) is 0 Å². The van der Waals surface area contributed by atoms with Gasteiger partial charge in [-0.2, -0.15) is 21.9 Å². The van der Waals surface area contributed by atoms with Crippen molar-refractivity contribution in [3.63, 3.8) is 0 Å². The van der Waals surface area contributed by atoms with E-state index in [2.05, 4.69) is 13.8 Å². The highest BCUT2D eigenvalue weighted by Crippen LogP contribution is 2.15. The van der Waals surface area contributed by atoms with Crippen molar-refractivity contribution in [3.05, 3.63) is 71.8 Å². The molecule has 0 unspecified atom stereocenters. The van der Waals surface area contributed by atoms with E-state index in [1.165, 1.54) is 4.57 Å². The second-order valence-electron chi connectivity index (χ2n) is 5.96. The molecule has 0 spiro atoms. The highest BCUT2D eigenvalue weighted by atomic mass is 32.1. The molecule has 0 saturated heterocycles. The molecule has 2 aromatic heterocycles. The maximum absolute atomic E-state index is 13.0. The van der Waals surface area contributed by atoms with E-state index in [1.54, 1.807) is 17.4 Å². The molecule has 26 heavy (non-hydrogen) atoms. The number of hydrogen-bond acceptors (Lipinski definition) is 5. The molecule has 2 heterocycles. The molecular formula is C20H15N3OS2. The van der Waals surface area contributed by atoms with Crippen molar-refractivity contribution in [1.29, 1.82) is 10.5 Å². The average molecular weight is 377 g/mol. The van der Waals surface area contributed by atoms with Gasteiger partial charge in [-0.1, -0.05) is 26.0 Å². The Labute approximate surface area is 158 Å². The number of thiophene rings is 1. The van der Waals surface area contributed by atoms with Gasteiger partial charge in [0.15, 0.2) is 5.57 Å². The van der Waals surface area contributed by atoms with Gasteiger partial charge < -0.3 is 0 Å². The Balaban J connectivity index is 2.33. The maximum atomic E-state index is 13.0. The fourth-order valence-corrected chi connectivity index (χ4v) is 4.19. The van der Waals surface area contributed by atoms with Crippen molar-refractivity contribution in [2.24, 2.45) is 0 Å². The number of hydrogen-bond donors (Lipinski definition) is 0. The summed E-state index contributed by atoms with van der Waals surface area (Å²) in [5, 5.41) is 22.5. The zero-order valence-corrected chi connectivity index (χ0v) is 15.9. The van der Waals surface area contributed by atoms with Crippen LogP contribution in [0.2, 0.25) is 0 Å². The molecule has 0 bridgehead atoms. The normalized spacial score (nSPS) is 11.3. The molecule has 0 amide bonds. The SMILES string of the molecule is CC(C)c1ccc(-n2c(=C(C#N)C#N)s/c(=C/c3ccsc3)c2=O)cc1. The van der Waals surface area contributed by atoms with Crippen LogP contribution in [0.25, 0.3) is 17.3 Å². The van der Waals surface area contributed by atoms with Crippen molar-refractivity contribution in [2.75, 3.05) is 0 Å². The van der Waals surface area contributed by atoms with Crippen LogP contribution in [0.4, 0.5) is 0 Å². The van der Waals surface area contributed by atoms with Crippen molar-refractivity contribution >= 4 is 34.3 Å². The predicted molar refractivity (Wildman–Crippen MR) is 106 cm³/mol. The van der Waals surface area contributed by atoms with Crippen LogP contribution in [0, 0.1) is 22.7 Å². The van der Waals surface area contributed by atoms with Gasteiger partial charge >= 0.3 is 0 Å². The predicted octanol–water partition coefficient (Wildman–Crippen LogP) is 3.11. The summed E-state index contributed by atoms with van der Waals surface area (Å²) in [7, 11) is 0. The molecule has 1 aromatic carbocycles.